The first-order valence-electron chi connectivity index (χ1n) is 13.1. The smallest absolute Gasteiger partial charge is 0.338 e. The molecule has 3 aromatic rings. The molecule has 0 spiro atoms. The van der Waals surface area contributed by atoms with Crippen LogP contribution in [0.1, 0.15) is 54.9 Å². The van der Waals surface area contributed by atoms with Crippen molar-refractivity contribution in [3.05, 3.63) is 83.9 Å². The summed E-state index contributed by atoms with van der Waals surface area (Å²) in [6.07, 6.45) is 7.33. The third-order valence-corrected chi connectivity index (χ3v) is 5.60. The van der Waals surface area contributed by atoms with Crippen molar-refractivity contribution in [3.8, 4) is 17.2 Å². The SMILES string of the molecule is CCCCCCC(=O)Oc1ccc(OC(=O)/C=C/c2ccc(OCCOC(=O)c3cc(N)cc(N)c3)cc2)cc1. The summed E-state index contributed by atoms with van der Waals surface area (Å²) in [5, 5.41) is 0. The summed E-state index contributed by atoms with van der Waals surface area (Å²) >= 11 is 0. The number of carbonyl (C=O) groups is 3. The second-order valence-electron chi connectivity index (χ2n) is 8.95. The van der Waals surface area contributed by atoms with Gasteiger partial charge in [0.25, 0.3) is 0 Å². The molecule has 0 saturated heterocycles. The van der Waals surface area contributed by atoms with Gasteiger partial charge < -0.3 is 30.4 Å². The first kappa shape index (κ1) is 29.8. The van der Waals surface area contributed by atoms with E-state index < -0.39 is 11.9 Å². The van der Waals surface area contributed by atoms with E-state index in [9.17, 15) is 14.4 Å². The molecule has 0 aromatic heterocycles. The van der Waals surface area contributed by atoms with Crippen molar-refractivity contribution in [3.63, 3.8) is 0 Å². The summed E-state index contributed by atoms with van der Waals surface area (Å²) in [4.78, 5) is 36.2. The number of nitrogens with two attached hydrogens (primary N) is 2. The number of unbranched alkanes of at least 4 members (excludes halogenated alkanes) is 3. The van der Waals surface area contributed by atoms with Crippen molar-refractivity contribution < 1.29 is 33.3 Å². The number of anilines is 2. The zero-order chi connectivity index (χ0) is 28.7. The van der Waals surface area contributed by atoms with Crippen LogP contribution in [-0.2, 0) is 14.3 Å². The van der Waals surface area contributed by atoms with Gasteiger partial charge in [-0.1, -0.05) is 38.3 Å². The number of hydrogen-bond acceptors (Lipinski definition) is 9. The van der Waals surface area contributed by atoms with Crippen LogP contribution in [-0.4, -0.2) is 31.1 Å². The molecular weight excluding hydrogens is 512 g/mol. The molecule has 0 unspecified atom stereocenters. The maximum atomic E-state index is 12.2. The van der Waals surface area contributed by atoms with Crippen molar-refractivity contribution in [2.75, 3.05) is 24.7 Å². The molecular formula is C31H34N2O7. The predicted octanol–water partition coefficient (Wildman–Crippen LogP) is 5.58. The minimum absolute atomic E-state index is 0.0451. The molecule has 4 N–H and O–H groups in total. The van der Waals surface area contributed by atoms with Gasteiger partial charge in [-0.05, 0) is 72.7 Å². The van der Waals surface area contributed by atoms with Crippen molar-refractivity contribution in [2.45, 2.75) is 39.0 Å². The molecule has 40 heavy (non-hydrogen) atoms. The van der Waals surface area contributed by atoms with Crippen LogP contribution >= 0.6 is 0 Å². The lowest BCUT2D eigenvalue weighted by Crippen LogP contribution is -2.13. The van der Waals surface area contributed by atoms with Gasteiger partial charge in [0.2, 0.25) is 0 Å². The van der Waals surface area contributed by atoms with Crippen LogP contribution in [0.4, 0.5) is 11.4 Å². The van der Waals surface area contributed by atoms with Crippen LogP contribution in [0.5, 0.6) is 17.2 Å². The van der Waals surface area contributed by atoms with Crippen molar-refractivity contribution in [2.24, 2.45) is 0 Å². The molecule has 0 radical (unpaired) electrons. The van der Waals surface area contributed by atoms with E-state index in [1.54, 1.807) is 60.7 Å². The average molecular weight is 547 g/mol. The summed E-state index contributed by atoms with van der Waals surface area (Å²) in [6.45, 7) is 2.32. The topological polar surface area (TPSA) is 140 Å². The summed E-state index contributed by atoms with van der Waals surface area (Å²) < 4.78 is 21.4. The molecule has 0 aliphatic rings. The highest BCUT2D eigenvalue weighted by Crippen LogP contribution is 2.19. The molecule has 0 heterocycles. The van der Waals surface area contributed by atoms with Crippen molar-refractivity contribution >= 4 is 35.4 Å². The van der Waals surface area contributed by atoms with Crippen LogP contribution in [0.2, 0.25) is 0 Å². The monoisotopic (exact) mass is 546 g/mol. The Morgan fingerprint density at radius 2 is 1.38 bits per heavy atom. The molecule has 0 atom stereocenters. The Morgan fingerprint density at radius 1 is 0.750 bits per heavy atom. The van der Waals surface area contributed by atoms with E-state index in [0.29, 0.717) is 35.0 Å². The first-order chi connectivity index (χ1) is 19.3. The van der Waals surface area contributed by atoms with Crippen LogP contribution in [0.3, 0.4) is 0 Å². The molecule has 210 valence electrons. The molecule has 3 aromatic carbocycles. The molecule has 9 heteroatoms. The number of esters is 3. The molecule has 0 bridgehead atoms. The number of nitrogen functional groups attached to an aromatic ring is 2. The number of ether oxygens (including phenoxy) is 4. The molecule has 3 rings (SSSR count). The lowest BCUT2D eigenvalue weighted by atomic mass is 10.1. The van der Waals surface area contributed by atoms with Crippen LogP contribution in [0, 0.1) is 0 Å². The van der Waals surface area contributed by atoms with E-state index in [1.807, 2.05) is 0 Å². The Labute approximate surface area is 233 Å². The third-order valence-electron chi connectivity index (χ3n) is 5.60. The minimum atomic E-state index is -0.551. The predicted molar refractivity (Wildman–Crippen MR) is 153 cm³/mol. The Morgan fingerprint density at radius 3 is 2.02 bits per heavy atom. The van der Waals surface area contributed by atoms with Gasteiger partial charge in [-0.15, -0.1) is 0 Å². The zero-order valence-corrected chi connectivity index (χ0v) is 22.5. The number of hydrogen-bond donors (Lipinski definition) is 2. The third kappa shape index (κ3) is 10.5. The highest BCUT2D eigenvalue weighted by atomic mass is 16.6. The van der Waals surface area contributed by atoms with Crippen LogP contribution in [0.25, 0.3) is 6.08 Å². The van der Waals surface area contributed by atoms with Gasteiger partial charge in [0, 0.05) is 23.9 Å². The second kappa shape index (κ2) is 15.6. The lowest BCUT2D eigenvalue weighted by Gasteiger charge is -2.08. The van der Waals surface area contributed by atoms with E-state index in [1.165, 1.54) is 18.2 Å². The first-order valence-corrected chi connectivity index (χ1v) is 13.1. The van der Waals surface area contributed by atoms with Crippen molar-refractivity contribution in [1.29, 1.82) is 0 Å². The molecule has 0 aliphatic heterocycles. The van der Waals surface area contributed by atoms with Crippen molar-refractivity contribution in [1.82, 2.24) is 0 Å². The van der Waals surface area contributed by atoms with E-state index in [2.05, 4.69) is 6.92 Å². The molecule has 0 amide bonds. The van der Waals surface area contributed by atoms with Gasteiger partial charge in [0.05, 0.1) is 5.56 Å². The van der Waals surface area contributed by atoms with E-state index >= 15 is 0 Å². The van der Waals surface area contributed by atoms with E-state index in [-0.39, 0.29) is 24.7 Å². The zero-order valence-electron chi connectivity index (χ0n) is 22.5. The van der Waals surface area contributed by atoms with E-state index in [4.69, 9.17) is 30.4 Å². The van der Waals surface area contributed by atoms with Gasteiger partial charge in [0.15, 0.2) is 0 Å². The van der Waals surface area contributed by atoms with Crippen LogP contribution in [0.15, 0.2) is 72.8 Å². The highest BCUT2D eigenvalue weighted by Gasteiger charge is 2.09. The maximum Gasteiger partial charge on any atom is 0.338 e. The normalized spacial score (nSPS) is 10.7. The number of carbonyl (C=O) groups excluding carboxylic acids is 3. The van der Waals surface area contributed by atoms with E-state index in [0.717, 1.165) is 31.2 Å². The second-order valence-corrected chi connectivity index (χ2v) is 8.95. The Kier molecular flexibility index (Phi) is 11.6. The summed E-state index contributed by atoms with van der Waals surface area (Å²) in [5.74, 6) is -0.0504. The van der Waals surface area contributed by atoms with Gasteiger partial charge in [0.1, 0.15) is 30.5 Å². The molecule has 0 aliphatic carbocycles. The summed E-state index contributed by atoms with van der Waals surface area (Å²) in [5.41, 5.74) is 13.2. The van der Waals surface area contributed by atoms with Gasteiger partial charge in [-0.2, -0.15) is 0 Å². The fraction of sp³-hybridized carbons (Fsp3) is 0.258. The Bertz CT molecular complexity index is 1280. The van der Waals surface area contributed by atoms with Gasteiger partial charge in [-0.3, -0.25) is 4.79 Å². The fourth-order valence-electron chi connectivity index (χ4n) is 3.62. The number of rotatable bonds is 14. The van der Waals surface area contributed by atoms with Gasteiger partial charge in [-0.25, -0.2) is 9.59 Å². The highest BCUT2D eigenvalue weighted by molar-refractivity contribution is 5.91. The fourth-order valence-corrected chi connectivity index (χ4v) is 3.62. The molecule has 9 nitrogen and oxygen atoms in total. The Balaban J connectivity index is 1.37. The lowest BCUT2D eigenvalue weighted by molar-refractivity contribution is -0.134. The van der Waals surface area contributed by atoms with Gasteiger partial charge >= 0.3 is 17.9 Å². The van der Waals surface area contributed by atoms with Crippen LogP contribution < -0.4 is 25.7 Å². The Hall–Kier alpha value is -4.79. The average Bonchev–Trinajstić information content (AvgIpc) is 2.93. The summed E-state index contributed by atoms with van der Waals surface area (Å²) in [7, 11) is 0. The molecule has 0 fully saturated rings. The quantitative estimate of drug-likeness (QED) is 0.0871. The minimum Gasteiger partial charge on any atom is -0.490 e. The largest absolute Gasteiger partial charge is 0.490 e. The standard InChI is InChI=1S/C31H34N2O7/c1-2-3-4-5-6-29(34)39-27-12-14-28(15-13-27)40-30(35)16-9-22-7-10-26(11-8-22)37-17-18-38-31(36)23-19-24(32)21-25(33)20-23/h7-16,19-21H,2-6,17-18,32-33H2,1H3/b16-9+. The number of benzene rings is 3. The maximum absolute atomic E-state index is 12.2. The summed E-state index contributed by atoms with van der Waals surface area (Å²) in [6, 6.07) is 17.9. The molecule has 0 saturated carbocycles.